The summed E-state index contributed by atoms with van der Waals surface area (Å²) >= 11 is 0. The van der Waals surface area contributed by atoms with E-state index in [0.717, 1.165) is 25.9 Å². The van der Waals surface area contributed by atoms with Gasteiger partial charge in [0.2, 0.25) is 11.8 Å². The molecule has 0 unspecified atom stereocenters. The van der Waals surface area contributed by atoms with Crippen molar-refractivity contribution in [3.63, 3.8) is 0 Å². The van der Waals surface area contributed by atoms with Gasteiger partial charge in [-0.3, -0.25) is 14.6 Å². The molecule has 3 heterocycles. The highest BCUT2D eigenvalue weighted by molar-refractivity contribution is 5.94. The first-order valence-corrected chi connectivity index (χ1v) is 8.19. The normalized spacial score (nSPS) is 15.0. The zero-order chi connectivity index (χ0) is 17.8. The van der Waals surface area contributed by atoms with Gasteiger partial charge in [0.15, 0.2) is 0 Å². The van der Waals surface area contributed by atoms with Crippen LogP contribution in [0.5, 0.6) is 5.88 Å². The SMILES string of the molecule is COc1cc(C(=O)NC2CCN(c3nc(C)cc(=O)[nH]3)CC2)ccn1. The predicted molar refractivity (Wildman–Crippen MR) is 93.1 cm³/mol. The number of rotatable bonds is 4. The first-order chi connectivity index (χ1) is 12.0. The van der Waals surface area contributed by atoms with Crippen LogP contribution in [-0.4, -0.2) is 47.1 Å². The Balaban J connectivity index is 1.58. The fraction of sp³-hybridized carbons (Fsp3) is 0.412. The maximum absolute atomic E-state index is 12.4. The molecule has 8 heteroatoms. The Morgan fingerprint density at radius 2 is 2.12 bits per heavy atom. The summed E-state index contributed by atoms with van der Waals surface area (Å²) in [7, 11) is 1.52. The Bertz CT molecular complexity index is 812. The lowest BCUT2D eigenvalue weighted by Crippen LogP contribution is -2.45. The van der Waals surface area contributed by atoms with Gasteiger partial charge in [0.05, 0.1) is 7.11 Å². The quantitative estimate of drug-likeness (QED) is 0.855. The Kier molecular flexibility index (Phi) is 4.97. The van der Waals surface area contributed by atoms with Crippen LogP contribution in [0.3, 0.4) is 0 Å². The number of piperidine rings is 1. The largest absolute Gasteiger partial charge is 0.481 e. The predicted octanol–water partition coefficient (Wildman–Crippen LogP) is 0.881. The Morgan fingerprint density at radius 1 is 1.36 bits per heavy atom. The number of nitrogens with zero attached hydrogens (tertiary/aromatic N) is 3. The molecule has 8 nitrogen and oxygen atoms in total. The fourth-order valence-electron chi connectivity index (χ4n) is 2.88. The van der Waals surface area contributed by atoms with Crippen LogP contribution in [0.25, 0.3) is 0 Å². The van der Waals surface area contributed by atoms with Crippen molar-refractivity contribution in [2.45, 2.75) is 25.8 Å². The van der Waals surface area contributed by atoms with Crippen LogP contribution in [0.15, 0.2) is 29.2 Å². The monoisotopic (exact) mass is 343 g/mol. The number of carbonyl (C=O) groups is 1. The fourth-order valence-corrected chi connectivity index (χ4v) is 2.88. The number of aryl methyl sites for hydroxylation is 1. The molecule has 2 N–H and O–H groups in total. The number of carbonyl (C=O) groups excluding carboxylic acids is 1. The lowest BCUT2D eigenvalue weighted by Gasteiger charge is -2.32. The lowest BCUT2D eigenvalue weighted by molar-refractivity contribution is 0.0930. The summed E-state index contributed by atoms with van der Waals surface area (Å²) in [6, 6.07) is 4.83. The van der Waals surface area contributed by atoms with Crippen molar-refractivity contribution in [1.29, 1.82) is 0 Å². The smallest absolute Gasteiger partial charge is 0.252 e. The second kappa shape index (κ2) is 7.33. The molecule has 1 fully saturated rings. The number of pyridine rings is 1. The van der Waals surface area contributed by atoms with Crippen LogP contribution in [0.2, 0.25) is 0 Å². The molecule has 0 spiro atoms. The zero-order valence-electron chi connectivity index (χ0n) is 14.3. The van der Waals surface area contributed by atoms with Crippen molar-refractivity contribution >= 4 is 11.9 Å². The van der Waals surface area contributed by atoms with Gasteiger partial charge < -0.3 is 15.0 Å². The van der Waals surface area contributed by atoms with Gasteiger partial charge in [-0.2, -0.15) is 0 Å². The Labute approximate surface area is 145 Å². The van der Waals surface area contributed by atoms with E-state index in [-0.39, 0.29) is 17.5 Å². The van der Waals surface area contributed by atoms with Crippen LogP contribution in [-0.2, 0) is 0 Å². The third-order valence-corrected chi connectivity index (χ3v) is 4.19. The highest BCUT2D eigenvalue weighted by atomic mass is 16.5. The summed E-state index contributed by atoms with van der Waals surface area (Å²) in [5, 5.41) is 3.04. The number of amides is 1. The molecule has 132 valence electrons. The average Bonchev–Trinajstić information content (AvgIpc) is 2.61. The number of anilines is 1. The number of H-pyrrole nitrogens is 1. The van der Waals surface area contributed by atoms with E-state index in [0.29, 0.717) is 23.1 Å². The van der Waals surface area contributed by atoms with E-state index in [1.165, 1.54) is 13.2 Å². The summed E-state index contributed by atoms with van der Waals surface area (Å²) in [6.45, 7) is 3.24. The highest BCUT2D eigenvalue weighted by Gasteiger charge is 2.22. The van der Waals surface area contributed by atoms with Gasteiger partial charge in [0.1, 0.15) is 0 Å². The number of ether oxygens (including phenoxy) is 1. The second-order valence-corrected chi connectivity index (χ2v) is 6.03. The van der Waals surface area contributed by atoms with Crippen LogP contribution in [0, 0.1) is 6.92 Å². The van der Waals surface area contributed by atoms with Gasteiger partial charge in [0.25, 0.3) is 11.5 Å². The topological polar surface area (TPSA) is 100 Å². The molecule has 0 aliphatic carbocycles. The van der Waals surface area contributed by atoms with E-state index in [2.05, 4.69) is 20.3 Å². The number of methoxy groups -OCH3 is 1. The number of aromatic amines is 1. The Hall–Kier alpha value is -2.90. The van der Waals surface area contributed by atoms with Gasteiger partial charge in [-0.15, -0.1) is 0 Å². The minimum Gasteiger partial charge on any atom is -0.481 e. The molecule has 2 aromatic rings. The highest BCUT2D eigenvalue weighted by Crippen LogP contribution is 2.16. The van der Waals surface area contributed by atoms with Crippen LogP contribution in [0.4, 0.5) is 5.95 Å². The minimum atomic E-state index is -0.149. The number of hydrogen-bond donors (Lipinski definition) is 2. The lowest BCUT2D eigenvalue weighted by atomic mass is 10.0. The van der Waals surface area contributed by atoms with Gasteiger partial charge in [-0.1, -0.05) is 0 Å². The van der Waals surface area contributed by atoms with E-state index >= 15 is 0 Å². The van der Waals surface area contributed by atoms with Gasteiger partial charge in [-0.05, 0) is 25.8 Å². The number of hydrogen-bond acceptors (Lipinski definition) is 6. The molecule has 1 aliphatic rings. The summed E-state index contributed by atoms with van der Waals surface area (Å²) in [6.07, 6.45) is 3.12. The summed E-state index contributed by atoms with van der Waals surface area (Å²) < 4.78 is 5.04. The van der Waals surface area contributed by atoms with Crippen molar-refractivity contribution in [2.75, 3.05) is 25.1 Å². The second-order valence-electron chi connectivity index (χ2n) is 6.03. The molecule has 0 bridgehead atoms. The third-order valence-electron chi connectivity index (χ3n) is 4.19. The standard InChI is InChI=1S/C17H21N5O3/c1-11-9-14(23)21-17(19-11)22-7-4-13(5-8-22)20-16(24)12-3-6-18-15(10-12)25-2/h3,6,9-10,13H,4-5,7-8H2,1-2H3,(H,20,24)(H,19,21,23). The molecule has 1 saturated heterocycles. The molecule has 1 amide bonds. The minimum absolute atomic E-state index is 0.0828. The van der Waals surface area contributed by atoms with Crippen molar-refractivity contribution in [2.24, 2.45) is 0 Å². The van der Waals surface area contributed by atoms with E-state index < -0.39 is 0 Å². The van der Waals surface area contributed by atoms with Crippen LogP contribution >= 0.6 is 0 Å². The van der Waals surface area contributed by atoms with Gasteiger partial charge in [0, 0.05) is 48.7 Å². The van der Waals surface area contributed by atoms with Crippen molar-refractivity contribution in [1.82, 2.24) is 20.3 Å². The molecular formula is C17H21N5O3. The molecule has 3 rings (SSSR count). The Morgan fingerprint density at radius 3 is 2.80 bits per heavy atom. The van der Waals surface area contributed by atoms with E-state index in [9.17, 15) is 9.59 Å². The molecule has 1 aliphatic heterocycles. The summed E-state index contributed by atoms with van der Waals surface area (Å²) in [5.41, 5.74) is 1.07. The van der Waals surface area contributed by atoms with Gasteiger partial charge >= 0.3 is 0 Å². The maximum Gasteiger partial charge on any atom is 0.252 e. The van der Waals surface area contributed by atoms with E-state index in [1.54, 1.807) is 25.3 Å². The van der Waals surface area contributed by atoms with Crippen molar-refractivity contribution in [3.8, 4) is 5.88 Å². The summed E-state index contributed by atoms with van der Waals surface area (Å²) in [4.78, 5) is 37.1. The third kappa shape index (κ3) is 4.14. The van der Waals surface area contributed by atoms with Crippen LogP contribution < -0.4 is 20.5 Å². The molecule has 2 aromatic heterocycles. The van der Waals surface area contributed by atoms with E-state index in [4.69, 9.17) is 4.74 Å². The summed E-state index contributed by atoms with van der Waals surface area (Å²) in [5.74, 6) is 0.867. The average molecular weight is 343 g/mol. The van der Waals surface area contributed by atoms with Gasteiger partial charge in [-0.25, -0.2) is 9.97 Å². The van der Waals surface area contributed by atoms with Crippen molar-refractivity contribution < 1.29 is 9.53 Å². The first-order valence-electron chi connectivity index (χ1n) is 8.19. The first kappa shape index (κ1) is 16.9. The molecular weight excluding hydrogens is 322 g/mol. The molecule has 0 saturated carbocycles. The molecule has 0 radical (unpaired) electrons. The zero-order valence-corrected chi connectivity index (χ0v) is 14.3. The van der Waals surface area contributed by atoms with E-state index in [1.807, 2.05) is 4.90 Å². The number of aromatic nitrogens is 3. The molecule has 25 heavy (non-hydrogen) atoms. The van der Waals surface area contributed by atoms with Crippen molar-refractivity contribution in [3.05, 3.63) is 46.0 Å². The maximum atomic E-state index is 12.4. The van der Waals surface area contributed by atoms with Crippen LogP contribution in [0.1, 0.15) is 28.9 Å². The number of nitrogens with one attached hydrogen (secondary N) is 2. The molecule has 0 aromatic carbocycles. The molecule has 0 atom stereocenters.